The highest BCUT2D eigenvalue weighted by molar-refractivity contribution is 7.15. The number of hydrogen-bond donors (Lipinski definition) is 2. The lowest BCUT2D eigenvalue weighted by Crippen LogP contribution is -2.20. The number of nitrogens with one attached hydrogen (secondary N) is 1. The lowest BCUT2D eigenvalue weighted by molar-refractivity contribution is 0.174. The minimum atomic E-state index is -0.515. The van der Waals surface area contributed by atoms with Crippen molar-refractivity contribution in [2.75, 3.05) is 32.6 Å². The summed E-state index contributed by atoms with van der Waals surface area (Å²) in [5.74, 6) is 0.644. The maximum absolute atomic E-state index is 10.1. The van der Waals surface area contributed by atoms with Gasteiger partial charge in [-0.15, -0.1) is 0 Å². The van der Waals surface area contributed by atoms with Crippen molar-refractivity contribution in [2.24, 2.45) is 0 Å². The summed E-state index contributed by atoms with van der Waals surface area (Å²) in [6.07, 6.45) is -0.515. The average Bonchev–Trinajstić information content (AvgIpc) is 2.91. The first-order chi connectivity index (χ1) is 10.1. The molecule has 21 heavy (non-hydrogen) atoms. The molecule has 1 aromatic heterocycles. The molecule has 114 valence electrons. The highest BCUT2D eigenvalue weighted by atomic mass is 32.1. The quantitative estimate of drug-likeness (QED) is 0.820. The van der Waals surface area contributed by atoms with Crippen LogP contribution in [-0.2, 0) is 6.54 Å². The molecule has 0 aliphatic carbocycles. The first-order valence-electron chi connectivity index (χ1n) is 6.76. The van der Waals surface area contributed by atoms with E-state index in [0.717, 1.165) is 15.6 Å². The number of benzene rings is 1. The molecular weight excluding hydrogens is 286 g/mol. The Morgan fingerprint density at radius 1 is 1.33 bits per heavy atom. The van der Waals surface area contributed by atoms with Gasteiger partial charge in [-0.25, -0.2) is 0 Å². The highest BCUT2D eigenvalue weighted by Crippen LogP contribution is 2.30. The molecular formula is C15H21N3O2S. The summed E-state index contributed by atoms with van der Waals surface area (Å²) >= 11 is 1.59. The standard InChI is InChI=1S/C15H21N3O2S/c1-18(2)15-17-14(20-3)13(21-15)10-16-9-12(19)11-7-5-4-6-8-11/h4-8,12,16,19H,9-10H2,1-3H3. The van der Waals surface area contributed by atoms with Crippen molar-refractivity contribution in [3.8, 4) is 5.88 Å². The molecule has 1 unspecified atom stereocenters. The Kier molecular flexibility index (Phi) is 5.55. The number of aromatic nitrogens is 1. The summed E-state index contributed by atoms with van der Waals surface area (Å²) in [6.45, 7) is 1.11. The Labute approximate surface area is 129 Å². The monoisotopic (exact) mass is 307 g/mol. The number of methoxy groups -OCH3 is 1. The fourth-order valence-electron chi connectivity index (χ4n) is 1.90. The van der Waals surface area contributed by atoms with E-state index in [0.29, 0.717) is 19.0 Å². The summed E-state index contributed by atoms with van der Waals surface area (Å²) in [4.78, 5) is 7.39. The Morgan fingerprint density at radius 2 is 2.05 bits per heavy atom. The molecule has 6 heteroatoms. The molecule has 1 heterocycles. The van der Waals surface area contributed by atoms with Gasteiger partial charge in [0.1, 0.15) is 0 Å². The van der Waals surface area contributed by atoms with Gasteiger partial charge in [-0.2, -0.15) is 4.98 Å². The second-order valence-corrected chi connectivity index (χ2v) is 5.94. The van der Waals surface area contributed by atoms with Crippen LogP contribution in [0.3, 0.4) is 0 Å². The minimum Gasteiger partial charge on any atom is -0.480 e. The van der Waals surface area contributed by atoms with Crippen LogP contribution in [0.15, 0.2) is 30.3 Å². The topological polar surface area (TPSA) is 57.6 Å². The largest absolute Gasteiger partial charge is 0.480 e. The van der Waals surface area contributed by atoms with Crippen LogP contribution in [0.1, 0.15) is 16.5 Å². The molecule has 0 fully saturated rings. The third kappa shape index (κ3) is 4.17. The van der Waals surface area contributed by atoms with Gasteiger partial charge in [0.2, 0.25) is 5.88 Å². The van der Waals surface area contributed by atoms with Crippen LogP contribution in [0.5, 0.6) is 5.88 Å². The first kappa shape index (κ1) is 15.8. The Hall–Kier alpha value is -1.63. The van der Waals surface area contributed by atoms with Crippen molar-refractivity contribution in [3.05, 3.63) is 40.8 Å². The minimum absolute atomic E-state index is 0.488. The third-order valence-electron chi connectivity index (χ3n) is 3.03. The second-order valence-electron chi connectivity index (χ2n) is 4.88. The predicted molar refractivity (Wildman–Crippen MR) is 86.1 cm³/mol. The number of nitrogens with zero attached hydrogens (tertiary/aromatic N) is 2. The van der Waals surface area contributed by atoms with Gasteiger partial charge in [-0.1, -0.05) is 41.7 Å². The van der Waals surface area contributed by atoms with E-state index in [1.807, 2.05) is 49.3 Å². The lowest BCUT2D eigenvalue weighted by Gasteiger charge is -2.11. The molecule has 1 aromatic carbocycles. The van der Waals surface area contributed by atoms with Gasteiger partial charge in [0.15, 0.2) is 5.13 Å². The Balaban J connectivity index is 1.91. The van der Waals surface area contributed by atoms with Crippen molar-refractivity contribution >= 4 is 16.5 Å². The van der Waals surface area contributed by atoms with Gasteiger partial charge >= 0.3 is 0 Å². The maximum atomic E-state index is 10.1. The molecule has 0 saturated carbocycles. The van der Waals surface area contributed by atoms with Crippen LogP contribution in [0.2, 0.25) is 0 Å². The summed E-state index contributed by atoms with van der Waals surface area (Å²) in [5, 5.41) is 14.3. The van der Waals surface area contributed by atoms with Gasteiger partial charge in [0.25, 0.3) is 0 Å². The Bertz CT molecular complexity index is 557. The predicted octanol–water partition coefficient (Wildman–Crippen LogP) is 2.04. The number of ether oxygens (including phenoxy) is 1. The molecule has 0 amide bonds. The molecule has 2 N–H and O–H groups in total. The number of rotatable bonds is 7. The summed E-state index contributed by atoms with van der Waals surface area (Å²) < 4.78 is 5.29. The van der Waals surface area contributed by atoms with E-state index in [1.54, 1.807) is 18.4 Å². The van der Waals surface area contributed by atoms with Gasteiger partial charge < -0.3 is 20.1 Å². The highest BCUT2D eigenvalue weighted by Gasteiger charge is 2.13. The molecule has 0 saturated heterocycles. The van der Waals surface area contributed by atoms with Crippen LogP contribution in [-0.4, -0.2) is 37.8 Å². The molecule has 0 aliphatic rings. The van der Waals surface area contributed by atoms with E-state index < -0.39 is 6.10 Å². The molecule has 0 bridgehead atoms. The second kappa shape index (κ2) is 7.40. The summed E-state index contributed by atoms with van der Waals surface area (Å²) in [7, 11) is 5.53. The van der Waals surface area contributed by atoms with Crippen molar-refractivity contribution in [3.63, 3.8) is 0 Å². The maximum Gasteiger partial charge on any atom is 0.230 e. The molecule has 0 radical (unpaired) electrons. The van der Waals surface area contributed by atoms with Crippen molar-refractivity contribution in [1.29, 1.82) is 0 Å². The van der Waals surface area contributed by atoms with E-state index >= 15 is 0 Å². The van der Waals surface area contributed by atoms with E-state index in [-0.39, 0.29) is 0 Å². The summed E-state index contributed by atoms with van der Waals surface area (Å²) in [5.41, 5.74) is 0.912. The fourth-order valence-corrected chi connectivity index (χ4v) is 2.83. The molecule has 1 atom stereocenters. The van der Waals surface area contributed by atoms with Gasteiger partial charge in [0.05, 0.1) is 18.1 Å². The van der Waals surface area contributed by atoms with Crippen molar-refractivity contribution < 1.29 is 9.84 Å². The molecule has 2 rings (SSSR count). The zero-order chi connectivity index (χ0) is 15.2. The van der Waals surface area contributed by atoms with E-state index in [2.05, 4.69) is 10.3 Å². The molecule has 0 spiro atoms. The van der Waals surface area contributed by atoms with Crippen LogP contribution in [0.25, 0.3) is 0 Å². The van der Waals surface area contributed by atoms with Crippen LogP contribution >= 0.6 is 11.3 Å². The number of hydrogen-bond acceptors (Lipinski definition) is 6. The van der Waals surface area contributed by atoms with E-state index in [9.17, 15) is 5.11 Å². The SMILES string of the molecule is COc1nc(N(C)C)sc1CNCC(O)c1ccccc1. The molecule has 0 aliphatic heterocycles. The average molecular weight is 307 g/mol. The van der Waals surface area contributed by atoms with Crippen molar-refractivity contribution in [1.82, 2.24) is 10.3 Å². The molecule has 5 nitrogen and oxygen atoms in total. The third-order valence-corrected chi connectivity index (χ3v) is 4.24. The fraction of sp³-hybridized carbons (Fsp3) is 0.400. The Morgan fingerprint density at radius 3 is 2.67 bits per heavy atom. The van der Waals surface area contributed by atoms with Crippen LogP contribution in [0.4, 0.5) is 5.13 Å². The van der Waals surface area contributed by atoms with E-state index in [4.69, 9.17) is 4.74 Å². The zero-order valence-electron chi connectivity index (χ0n) is 12.5. The number of anilines is 1. The van der Waals surface area contributed by atoms with Crippen molar-refractivity contribution in [2.45, 2.75) is 12.6 Å². The first-order valence-corrected chi connectivity index (χ1v) is 7.58. The number of thiazole rings is 1. The van der Waals surface area contributed by atoms with Gasteiger partial charge in [0, 0.05) is 27.2 Å². The zero-order valence-corrected chi connectivity index (χ0v) is 13.4. The van der Waals surface area contributed by atoms with Gasteiger partial charge in [-0.05, 0) is 5.56 Å². The summed E-state index contributed by atoms with van der Waals surface area (Å²) in [6, 6.07) is 9.63. The van der Waals surface area contributed by atoms with E-state index in [1.165, 1.54) is 0 Å². The van der Waals surface area contributed by atoms with Crippen LogP contribution < -0.4 is 15.0 Å². The lowest BCUT2D eigenvalue weighted by atomic mass is 10.1. The molecule has 2 aromatic rings. The van der Waals surface area contributed by atoms with Gasteiger partial charge in [-0.3, -0.25) is 0 Å². The number of aliphatic hydroxyl groups is 1. The smallest absolute Gasteiger partial charge is 0.230 e. The number of aliphatic hydroxyl groups excluding tert-OH is 1. The van der Waals surface area contributed by atoms with Crippen LogP contribution in [0, 0.1) is 0 Å². The normalized spacial score (nSPS) is 12.2.